The monoisotopic (exact) mass is 347 g/mol. The van der Waals surface area contributed by atoms with Gasteiger partial charge in [0.05, 0.1) is 13.5 Å². The zero-order valence-electron chi connectivity index (χ0n) is 15.8. The van der Waals surface area contributed by atoms with Gasteiger partial charge in [0.2, 0.25) is 5.91 Å². The maximum absolute atomic E-state index is 10.6. The summed E-state index contributed by atoms with van der Waals surface area (Å²) in [6.45, 7) is 4.57. The van der Waals surface area contributed by atoms with Gasteiger partial charge in [-0.3, -0.25) is 4.79 Å². The first-order valence-corrected chi connectivity index (χ1v) is 9.23. The van der Waals surface area contributed by atoms with Gasteiger partial charge in [-0.15, -0.1) is 0 Å². The third kappa shape index (κ3) is 9.18. The molecule has 0 aromatic heterocycles. The zero-order valence-corrected chi connectivity index (χ0v) is 15.8. The summed E-state index contributed by atoms with van der Waals surface area (Å²) in [6, 6.07) is 4.68. The molecule has 1 saturated carbocycles. The lowest BCUT2D eigenvalue weighted by atomic mass is 9.89. The van der Waals surface area contributed by atoms with Gasteiger partial charge in [0.25, 0.3) is 0 Å². The van der Waals surface area contributed by atoms with E-state index in [0.717, 1.165) is 17.4 Å². The highest BCUT2D eigenvalue weighted by Gasteiger charge is 2.09. The van der Waals surface area contributed by atoms with Crippen LogP contribution in [0.4, 0.5) is 0 Å². The Hall–Kier alpha value is -1.97. The third-order valence-electron chi connectivity index (χ3n) is 4.29. The molecule has 0 atom stereocenters. The van der Waals surface area contributed by atoms with Gasteiger partial charge in [-0.2, -0.15) is 0 Å². The summed E-state index contributed by atoms with van der Waals surface area (Å²) in [5.74, 6) is 1.73. The second-order valence-electron chi connectivity index (χ2n) is 7.11. The number of methoxy groups -OCH3 is 1. The summed E-state index contributed by atoms with van der Waals surface area (Å²) in [5.41, 5.74) is 5.74. The lowest BCUT2D eigenvalue weighted by molar-refractivity contribution is -0.117. The molecule has 0 saturated heterocycles. The molecule has 140 valence electrons. The van der Waals surface area contributed by atoms with Crippen molar-refractivity contribution in [3.8, 4) is 11.5 Å². The second kappa shape index (κ2) is 11.6. The molecule has 1 aromatic rings. The Bertz CT molecular complexity index is 546. The van der Waals surface area contributed by atoms with Crippen molar-refractivity contribution in [1.82, 2.24) is 0 Å². The minimum atomic E-state index is -0.409. The van der Waals surface area contributed by atoms with Crippen molar-refractivity contribution in [3.05, 3.63) is 35.9 Å². The Morgan fingerprint density at radius 2 is 2.00 bits per heavy atom. The highest BCUT2D eigenvalue weighted by atomic mass is 16.5. The Morgan fingerprint density at radius 3 is 2.56 bits per heavy atom. The normalized spacial score (nSPS) is 15.0. The fraction of sp³-hybridized carbons (Fsp3) is 0.571. The first-order chi connectivity index (χ1) is 11.9. The molecular weight excluding hydrogens is 314 g/mol. The summed E-state index contributed by atoms with van der Waals surface area (Å²) >= 11 is 0. The first kappa shape index (κ1) is 21.1. The van der Waals surface area contributed by atoms with Crippen LogP contribution in [0.1, 0.15) is 57.9 Å². The molecule has 1 aromatic carbocycles. The molecule has 25 heavy (non-hydrogen) atoms. The maximum Gasteiger partial charge on any atom is 0.221 e. The number of benzene rings is 1. The number of allylic oxidation sites excluding steroid dienone is 2. The summed E-state index contributed by atoms with van der Waals surface area (Å²) in [7, 11) is 1.45. The van der Waals surface area contributed by atoms with Gasteiger partial charge < -0.3 is 15.6 Å². The van der Waals surface area contributed by atoms with Crippen molar-refractivity contribution < 1.29 is 14.6 Å². The Morgan fingerprint density at radius 1 is 1.32 bits per heavy atom. The van der Waals surface area contributed by atoms with Crippen LogP contribution >= 0.6 is 0 Å². The quantitative estimate of drug-likeness (QED) is 0.739. The largest absolute Gasteiger partial charge is 0.504 e. The van der Waals surface area contributed by atoms with Gasteiger partial charge >= 0.3 is 0 Å². The number of aromatic hydroxyl groups is 1. The molecule has 1 fully saturated rings. The molecule has 4 nitrogen and oxygen atoms in total. The average molecular weight is 347 g/mol. The van der Waals surface area contributed by atoms with Crippen molar-refractivity contribution in [2.75, 3.05) is 7.11 Å². The summed E-state index contributed by atoms with van der Waals surface area (Å²) in [4.78, 5) is 10.6. The Kier molecular flexibility index (Phi) is 9.75. The molecule has 1 aliphatic carbocycles. The Balaban J connectivity index is 0.000000251. The van der Waals surface area contributed by atoms with Crippen LogP contribution in [-0.4, -0.2) is 18.1 Å². The van der Waals surface area contributed by atoms with Gasteiger partial charge in [0.1, 0.15) is 0 Å². The number of phenols is 1. The number of amides is 1. The van der Waals surface area contributed by atoms with Gasteiger partial charge in [-0.05, 0) is 48.8 Å². The van der Waals surface area contributed by atoms with E-state index in [1.54, 1.807) is 12.1 Å². The van der Waals surface area contributed by atoms with E-state index in [2.05, 4.69) is 26.0 Å². The van der Waals surface area contributed by atoms with Crippen molar-refractivity contribution >= 4 is 5.91 Å². The molecular formula is C21H33NO3. The van der Waals surface area contributed by atoms with Gasteiger partial charge in [-0.1, -0.05) is 51.3 Å². The number of carbonyl (C=O) groups is 1. The highest BCUT2D eigenvalue weighted by Crippen LogP contribution is 2.26. The smallest absolute Gasteiger partial charge is 0.221 e. The van der Waals surface area contributed by atoms with E-state index in [4.69, 9.17) is 10.5 Å². The molecule has 1 amide bonds. The number of rotatable bonds is 6. The number of hydrogen-bond donors (Lipinski definition) is 2. The van der Waals surface area contributed by atoms with Gasteiger partial charge in [0.15, 0.2) is 11.5 Å². The summed E-state index contributed by atoms with van der Waals surface area (Å²) in [6.07, 6.45) is 13.5. The molecule has 4 heteroatoms. The van der Waals surface area contributed by atoms with Gasteiger partial charge in [-0.25, -0.2) is 0 Å². The van der Waals surface area contributed by atoms with E-state index < -0.39 is 5.91 Å². The number of hydrogen-bond acceptors (Lipinski definition) is 3. The van der Waals surface area contributed by atoms with Crippen molar-refractivity contribution in [2.24, 2.45) is 17.6 Å². The first-order valence-electron chi connectivity index (χ1n) is 9.23. The molecule has 0 heterocycles. The van der Waals surface area contributed by atoms with E-state index in [9.17, 15) is 9.90 Å². The zero-order chi connectivity index (χ0) is 18.7. The fourth-order valence-corrected chi connectivity index (χ4v) is 2.90. The molecule has 0 unspecified atom stereocenters. The van der Waals surface area contributed by atoms with Crippen LogP contribution in [-0.2, 0) is 11.2 Å². The van der Waals surface area contributed by atoms with E-state index in [1.165, 1.54) is 51.7 Å². The Labute approximate surface area is 152 Å². The van der Waals surface area contributed by atoms with E-state index in [0.29, 0.717) is 5.75 Å². The molecule has 0 radical (unpaired) electrons. The van der Waals surface area contributed by atoms with Crippen molar-refractivity contribution in [3.63, 3.8) is 0 Å². The molecule has 3 N–H and O–H groups in total. The molecule has 0 bridgehead atoms. The van der Waals surface area contributed by atoms with Crippen LogP contribution in [0.15, 0.2) is 30.4 Å². The lowest BCUT2D eigenvalue weighted by Crippen LogP contribution is -2.13. The topological polar surface area (TPSA) is 72.5 Å². The highest BCUT2D eigenvalue weighted by molar-refractivity contribution is 5.76. The standard InChI is InChI=1S/C12H22.C9H11NO3/c1-11(2)7-6-10-12-8-4-3-5-9-12;1-13-8-4-6(5-9(10)12)2-3-7(8)11/h6,10-12H,3-5,7-9H2,1-2H3;2-4,11H,5H2,1H3,(H2,10,12)/b10-6+;. The van der Waals surface area contributed by atoms with Crippen LogP contribution < -0.4 is 10.5 Å². The van der Waals surface area contributed by atoms with E-state index in [1.807, 2.05) is 0 Å². The maximum atomic E-state index is 10.6. The lowest BCUT2D eigenvalue weighted by Gasteiger charge is -2.17. The van der Waals surface area contributed by atoms with Crippen molar-refractivity contribution in [2.45, 2.75) is 58.8 Å². The van der Waals surface area contributed by atoms with E-state index in [-0.39, 0.29) is 12.2 Å². The molecule has 0 spiro atoms. The van der Waals surface area contributed by atoms with Crippen LogP contribution in [0.2, 0.25) is 0 Å². The average Bonchev–Trinajstić information content (AvgIpc) is 2.57. The molecule has 0 aliphatic heterocycles. The third-order valence-corrected chi connectivity index (χ3v) is 4.29. The SMILES string of the molecule is CC(C)C/C=C/C1CCCCC1.COc1cc(CC(N)=O)ccc1O. The summed E-state index contributed by atoms with van der Waals surface area (Å²) < 4.78 is 4.87. The van der Waals surface area contributed by atoms with Crippen LogP contribution in [0, 0.1) is 11.8 Å². The predicted molar refractivity (Wildman–Crippen MR) is 103 cm³/mol. The van der Waals surface area contributed by atoms with Gasteiger partial charge in [0, 0.05) is 0 Å². The summed E-state index contributed by atoms with van der Waals surface area (Å²) in [5, 5.41) is 9.23. The predicted octanol–water partition coefficient (Wildman–Crippen LogP) is 4.60. The number of ether oxygens (including phenoxy) is 1. The van der Waals surface area contributed by atoms with E-state index >= 15 is 0 Å². The number of carbonyl (C=O) groups excluding carboxylic acids is 1. The molecule has 1 aliphatic rings. The van der Waals surface area contributed by atoms with Crippen LogP contribution in [0.5, 0.6) is 11.5 Å². The number of phenolic OH excluding ortho intramolecular Hbond substituents is 1. The van der Waals surface area contributed by atoms with Crippen LogP contribution in [0.3, 0.4) is 0 Å². The fourth-order valence-electron chi connectivity index (χ4n) is 2.90. The van der Waals surface area contributed by atoms with Crippen molar-refractivity contribution in [1.29, 1.82) is 0 Å². The molecule has 2 rings (SSSR count). The van der Waals surface area contributed by atoms with Crippen LogP contribution in [0.25, 0.3) is 0 Å². The minimum Gasteiger partial charge on any atom is -0.504 e. The minimum absolute atomic E-state index is 0.0516. The second-order valence-corrected chi connectivity index (χ2v) is 7.11. The number of primary amides is 1. The number of nitrogens with two attached hydrogens (primary N) is 1.